The number of thioether (sulfide) groups is 1. The first-order valence-corrected chi connectivity index (χ1v) is 6.01. The van der Waals surface area contributed by atoms with Crippen molar-refractivity contribution in [3.8, 4) is 17.0 Å². The molecule has 0 saturated heterocycles. The van der Waals surface area contributed by atoms with Gasteiger partial charge in [0.05, 0.1) is 0 Å². The molecule has 0 amide bonds. The maximum Gasteiger partial charge on any atom is 0.354 e. The third kappa shape index (κ3) is 2.12. The fraction of sp³-hybridized carbons (Fsp3) is 0.0909. The van der Waals surface area contributed by atoms with E-state index in [0.29, 0.717) is 10.7 Å². The second kappa shape index (κ2) is 4.50. The van der Waals surface area contributed by atoms with Gasteiger partial charge in [-0.05, 0) is 18.4 Å². The Morgan fingerprint density at radius 3 is 2.71 bits per heavy atom. The normalized spacial score (nSPS) is 10.4. The topological polar surface area (TPSA) is 86.2 Å². The van der Waals surface area contributed by atoms with Gasteiger partial charge in [0.2, 0.25) is 0 Å². The third-order valence-corrected chi connectivity index (χ3v) is 2.83. The smallest absolute Gasteiger partial charge is 0.354 e. The molecule has 0 spiro atoms. The molecule has 1 heterocycles. The zero-order valence-corrected chi connectivity index (χ0v) is 9.78. The second-order valence-corrected chi connectivity index (χ2v) is 4.09. The van der Waals surface area contributed by atoms with Crippen LogP contribution in [0, 0.1) is 0 Å². The first-order valence-electron chi connectivity index (χ1n) is 4.79. The molecule has 0 bridgehead atoms. The monoisotopic (exact) mass is 250 g/mol. The summed E-state index contributed by atoms with van der Waals surface area (Å²) in [6, 6.07) is 6.51. The highest BCUT2D eigenvalue weighted by atomic mass is 32.2. The molecule has 6 heteroatoms. The molecule has 3 N–H and O–H groups in total. The number of aromatic nitrogens is 2. The predicted molar refractivity (Wildman–Crippen MR) is 64.4 cm³/mol. The van der Waals surface area contributed by atoms with Crippen molar-refractivity contribution in [2.75, 3.05) is 6.26 Å². The van der Waals surface area contributed by atoms with Crippen LogP contribution in [0.4, 0.5) is 0 Å². The van der Waals surface area contributed by atoms with E-state index in [4.69, 9.17) is 5.11 Å². The zero-order valence-electron chi connectivity index (χ0n) is 8.97. The largest absolute Gasteiger partial charge is 0.507 e. The molecule has 0 aliphatic carbocycles. The maximum absolute atomic E-state index is 11.1. The number of aromatic carboxylic acids is 1. The highest BCUT2D eigenvalue weighted by molar-refractivity contribution is 7.98. The van der Waals surface area contributed by atoms with Gasteiger partial charge in [0, 0.05) is 5.56 Å². The highest BCUT2D eigenvalue weighted by Gasteiger charge is 2.19. The number of rotatable bonds is 3. The van der Waals surface area contributed by atoms with Gasteiger partial charge in [-0.1, -0.05) is 23.9 Å². The fourth-order valence-corrected chi connectivity index (χ4v) is 1.86. The Labute approximate surface area is 102 Å². The van der Waals surface area contributed by atoms with Gasteiger partial charge in [0.15, 0.2) is 10.9 Å². The molecule has 0 atom stereocenters. The number of hydrogen-bond acceptors (Lipinski definition) is 4. The molecule has 0 saturated carbocycles. The van der Waals surface area contributed by atoms with Crippen molar-refractivity contribution in [2.24, 2.45) is 0 Å². The van der Waals surface area contributed by atoms with Crippen LogP contribution in [0.5, 0.6) is 5.75 Å². The molecule has 1 aromatic carbocycles. The quantitative estimate of drug-likeness (QED) is 0.727. The lowest BCUT2D eigenvalue weighted by atomic mass is 10.1. The van der Waals surface area contributed by atoms with Gasteiger partial charge in [-0.25, -0.2) is 9.78 Å². The van der Waals surface area contributed by atoms with Crippen LogP contribution in [0.1, 0.15) is 10.5 Å². The number of phenols is 1. The number of carboxylic acids is 1. The van der Waals surface area contributed by atoms with Gasteiger partial charge in [0.1, 0.15) is 11.4 Å². The Morgan fingerprint density at radius 1 is 1.41 bits per heavy atom. The van der Waals surface area contributed by atoms with Crippen LogP contribution >= 0.6 is 11.8 Å². The number of hydrogen-bond donors (Lipinski definition) is 3. The number of carboxylic acid groups (broad SMARTS) is 1. The molecule has 17 heavy (non-hydrogen) atoms. The molecule has 0 aliphatic rings. The van der Waals surface area contributed by atoms with Crippen molar-refractivity contribution in [3.05, 3.63) is 30.0 Å². The van der Waals surface area contributed by atoms with Crippen molar-refractivity contribution >= 4 is 17.7 Å². The predicted octanol–water partition coefficient (Wildman–Crippen LogP) is 2.20. The lowest BCUT2D eigenvalue weighted by Crippen LogP contribution is -1.99. The Hall–Kier alpha value is -1.95. The molecule has 1 aromatic heterocycles. The summed E-state index contributed by atoms with van der Waals surface area (Å²) in [5.74, 6) is -1.09. The molecule has 0 aliphatic heterocycles. The van der Waals surface area contributed by atoms with E-state index in [1.54, 1.807) is 24.5 Å². The number of H-pyrrole nitrogens is 1. The summed E-state index contributed by atoms with van der Waals surface area (Å²) in [4.78, 5) is 17.9. The number of benzene rings is 1. The van der Waals surface area contributed by atoms with E-state index in [2.05, 4.69) is 9.97 Å². The van der Waals surface area contributed by atoms with Gasteiger partial charge in [-0.3, -0.25) is 0 Å². The summed E-state index contributed by atoms with van der Waals surface area (Å²) in [6.07, 6.45) is 1.79. The zero-order chi connectivity index (χ0) is 12.4. The minimum atomic E-state index is -1.10. The van der Waals surface area contributed by atoms with E-state index in [1.807, 2.05) is 0 Å². The standard InChI is InChI=1S/C11H10N2O3S/c1-17-11-12-8(9(13-11)10(15)16)6-4-2-3-5-7(6)14/h2-5,14H,1H3,(H,12,13)(H,15,16). The highest BCUT2D eigenvalue weighted by Crippen LogP contribution is 2.31. The average Bonchev–Trinajstić information content (AvgIpc) is 2.73. The summed E-state index contributed by atoms with van der Waals surface area (Å²) in [6.45, 7) is 0. The summed E-state index contributed by atoms with van der Waals surface area (Å²) < 4.78 is 0. The van der Waals surface area contributed by atoms with Crippen LogP contribution in [0.3, 0.4) is 0 Å². The van der Waals surface area contributed by atoms with E-state index in [-0.39, 0.29) is 17.1 Å². The van der Waals surface area contributed by atoms with E-state index >= 15 is 0 Å². The molecule has 88 valence electrons. The molecule has 0 unspecified atom stereocenters. The van der Waals surface area contributed by atoms with Crippen molar-refractivity contribution in [1.82, 2.24) is 9.97 Å². The Balaban J connectivity index is 2.62. The maximum atomic E-state index is 11.1. The lowest BCUT2D eigenvalue weighted by Gasteiger charge is -2.01. The number of nitrogens with zero attached hydrogens (tertiary/aromatic N) is 1. The minimum Gasteiger partial charge on any atom is -0.507 e. The first-order chi connectivity index (χ1) is 8.13. The SMILES string of the molecule is CSc1nc(-c2ccccc2O)c(C(=O)O)[nH]1. The molecule has 2 aromatic rings. The molecular weight excluding hydrogens is 240 g/mol. The second-order valence-electron chi connectivity index (χ2n) is 3.29. The van der Waals surface area contributed by atoms with Crippen molar-refractivity contribution in [1.29, 1.82) is 0 Å². The van der Waals surface area contributed by atoms with Crippen LogP contribution in [0.25, 0.3) is 11.3 Å². The number of imidazole rings is 1. The first kappa shape index (κ1) is 11.5. The van der Waals surface area contributed by atoms with Gasteiger partial charge in [-0.15, -0.1) is 0 Å². The fourth-order valence-electron chi connectivity index (χ4n) is 1.47. The van der Waals surface area contributed by atoms with Crippen LogP contribution in [-0.4, -0.2) is 32.4 Å². The summed E-state index contributed by atoms with van der Waals surface area (Å²) >= 11 is 1.31. The van der Waals surface area contributed by atoms with Crippen molar-refractivity contribution in [2.45, 2.75) is 5.16 Å². The van der Waals surface area contributed by atoms with Gasteiger partial charge >= 0.3 is 5.97 Å². The van der Waals surface area contributed by atoms with Crippen LogP contribution in [0.15, 0.2) is 29.4 Å². The lowest BCUT2D eigenvalue weighted by molar-refractivity contribution is 0.0691. The molecular formula is C11H10N2O3S. The Morgan fingerprint density at radius 2 is 2.12 bits per heavy atom. The van der Waals surface area contributed by atoms with Crippen molar-refractivity contribution < 1.29 is 15.0 Å². The molecule has 2 rings (SSSR count). The number of aromatic hydroxyl groups is 1. The van der Waals surface area contributed by atoms with Crippen LogP contribution < -0.4 is 0 Å². The summed E-state index contributed by atoms with van der Waals surface area (Å²) in [5, 5.41) is 19.3. The number of phenolic OH excluding ortho intramolecular Hbond substituents is 1. The van der Waals surface area contributed by atoms with Crippen molar-refractivity contribution in [3.63, 3.8) is 0 Å². The molecule has 0 radical (unpaired) electrons. The van der Waals surface area contributed by atoms with Gasteiger partial charge in [0.25, 0.3) is 0 Å². The Bertz CT molecular complexity index is 566. The third-order valence-electron chi connectivity index (χ3n) is 2.25. The van der Waals surface area contributed by atoms with E-state index in [0.717, 1.165) is 0 Å². The minimum absolute atomic E-state index is 0.00848. The number of para-hydroxylation sites is 1. The van der Waals surface area contributed by atoms with Gasteiger partial charge < -0.3 is 15.2 Å². The van der Waals surface area contributed by atoms with E-state index in [9.17, 15) is 9.90 Å². The summed E-state index contributed by atoms with van der Waals surface area (Å²) in [7, 11) is 0. The summed E-state index contributed by atoms with van der Waals surface area (Å²) in [5.41, 5.74) is 0.636. The number of nitrogens with one attached hydrogen (secondary N) is 1. The van der Waals surface area contributed by atoms with E-state index in [1.165, 1.54) is 17.8 Å². The number of aromatic amines is 1. The average molecular weight is 250 g/mol. The van der Waals surface area contributed by atoms with Crippen LogP contribution in [-0.2, 0) is 0 Å². The number of carbonyl (C=O) groups is 1. The van der Waals surface area contributed by atoms with Gasteiger partial charge in [-0.2, -0.15) is 0 Å². The van der Waals surface area contributed by atoms with Crippen LogP contribution in [0.2, 0.25) is 0 Å². The van der Waals surface area contributed by atoms with E-state index < -0.39 is 5.97 Å². The molecule has 0 fully saturated rings. The molecule has 5 nitrogen and oxygen atoms in total. The Kier molecular flexibility index (Phi) is 3.06.